The van der Waals surface area contributed by atoms with Crippen molar-refractivity contribution in [1.82, 2.24) is 4.90 Å². The lowest BCUT2D eigenvalue weighted by atomic mass is 10.0. The fraction of sp³-hybridized carbons (Fsp3) is 0.391. The molecule has 2 fully saturated rings. The zero-order valence-electron chi connectivity index (χ0n) is 17.5. The van der Waals surface area contributed by atoms with E-state index in [-0.39, 0.29) is 11.8 Å². The van der Waals surface area contributed by atoms with Gasteiger partial charge in [0.1, 0.15) is 5.75 Å². The molecule has 3 aliphatic heterocycles. The highest BCUT2D eigenvalue weighted by molar-refractivity contribution is 8.01. The molecule has 0 unspecified atom stereocenters. The van der Waals surface area contributed by atoms with Crippen LogP contribution in [0.2, 0.25) is 0 Å². The number of hydrogen-bond acceptors (Lipinski definition) is 6. The molecule has 5 rings (SSSR count). The van der Waals surface area contributed by atoms with Gasteiger partial charge in [-0.3, -0.25) is 24.3 Å². The van der Waals surface area contributed by atoms with Crippen molar-refractivity contribution in [2.24, 2.45) is 0 Å². The zero-order valence-corrected chi connectivity index (χ0v) is 18.3. The van der Waals surface area contributed by atoms with Gasteiger partial charge in [-0.2, -0.15) is 0 Å². The lowest BCUT2D eigenvalue weighted by Gasteiger charge is -2.43. The third-order valence-electron chi connectivity index (χ3n) is 6.06. The summed E-state index contributed by atoms with van der Waals surface area (Å²) in [5.41, 5.74) is 2.45. The van der Waals surface area contributed by atoms with Crippen LogP contribution in [0.4, 0.5) is 11.4 Å². The Labute approximate surface area is 185 Å². The number of ether oxygens (including phenoxy) is 2. The van der Waals surface area contributed by atoms with E-state index in [0.717, 1.165) is 24.3 Å². The van der Waals surface area contributed by atoms with Gasteiger partial charge in [0, 0.05) is 36.5 Å². The molecule has 2 aromatic rings. The molecule has 0 aliphatic carbocycles. The Morgan fingerprint density at radius 3 is 2.55 bits per heavy atom. The van der Waals surface area contributed by atoms with Crippen molar-refractivity contribution >= 4 is 35.0 Å². The highest BCUT2D eigenvalue weighted by atomic mass is 32.2. The summed E-state index contributed by atoms with van der Waals surface area (Å²) >= 11 is 1.55. The lowest BCUT2D eigenvalue weighted by Crippen LogP contribution is -2.57. The minimum atomic E-state index is -1.09. The van der Waals surface area contributed by atoms with Gasteiger partial charge >= 0.3 is 0 Å². The molecule has 8 heteroatoms. The second-order valence-corrected chi connectivity index (χ2v) is 9.08. The van der Waals surface area contributed by atoms with Crippen LogP contribution in [-0.2, 0) is 19.2 Å². The quantitative estimate of drug-likeness (QED) is 0.730. The number of morpholine rings is 1. The number of anilines is 2. The number of para-hydroxylation sites is 1. The largest absolute Gasteiger partial charge is 0.497 e. The van der Waals surface area contributed by atoms with Gasteiger partial charge in [-0.25, -0.2) is 0 Å². The van der Waals surface area contributed by atoms with E-state index < -0.39 is 4.87 Å². The molecule has 0 radical (unpaired) electrons. The summed E-state index contributed by atoms with van der Waals surface area (Å²) in [6.45, 7) is 3.40. The van der Waals surface area contributed by atoms with E-state index in [1.54, 1.807) is 23.8 Å². The van der Waals surface area contributed by atoms with E-state index in [1.807, 2.05) is 53.4 Å². The van der Waals surface area contributed by atoms with Crippen LogP contribution in [0.3, 0.4) is 0 Å². The van der Waals surface area contributed by atoms with Gasteiger partial charge in [-0.05, 0) is 30.3 Å². The predicted octanol–water partition coefficient (Wildman–Crippen LogP) is 2.65. The third kappa shape index (κ3) is 3.30. The van der Waals surface area contributed by atoms with Crippen LogP contribution < -0.4 is 14.5 Å². The minimum absolute atomic E-state index is 0.0414. The Morgan fingerprint density at radius 2 is 1.81 bits per heavy atom. The summed E-state index contributed by atoms with van der Waals surface area (Å²) in [5, 5.41) is 0. The van der Waals surface area contributed by atoms with Crippen molar-refractivity contribution in [3.05, 3.63) is 54.1 Å². The van der Waals surface area contributed by atoms with Crippen molar-refractivity contribution in [3.63, 3.8) is 0 Å². The first kappa shape index (κ1) is 20.4. The average molecular weight is 440 g/mol. The number of carbonyl (C=O) groups is 2. The van der Waals surface area contributed by atoms with Gasteiger partial charge in [-0.1, -0.05) is 18.2 Å². The van der Waals surface area contributed by atoms with E-state index in [0.29, 0.717) is 43.5 Å². The van der Waals surface area contributed by atoms with E-state index in [4.69, 9.17) is 9.47 Å². The molecule has 0 aromatic heterocycles. The van der Waals surface area contributed by atoms with Crippen LogP contribution in [0, 0.1) is 0 Å². The number of fused-ring (bicyclic) bond motifs is 2. The molecule has 1 atom stereocenters. The average Bonchev–Trinajstić information content (AvgIpc) is 3.03. The topological polar surface area (TPSA) is 62.3 Å². The molecule has 2 saturated heterocycles. The molecule has 1 spiro atoms. The maximum atomic E-state index is 14.1. The Kier molecular flexibility index (Phi) is 5.37. The number of rotatable bonds is 4. The van der Waals surface area contributed by atoms with E-state index in [1.165, 1.54) is 0 Å². The van der Waals surface area contributed by atoms with Crippen LogP contribution in [-0.4, -0.2) is 62.5 Å². The molecule has 31 heavy (non-hydrogen) atoms. The van der Waals surface area contributed by atoms with Crippen LogP contribution in [0.5, 0.6) is 5.75 Å². The second-order valence-electron chi connectivity index (χ2n) is 7.79. The first-order valence-electron chi connectivity index (χ1n) is 10.5. The number of nitrogens with zero attached hydrogens (tertiary/aromatic N) is 3. The van der Waals surface area contributed by atoms with Gasteiger partial charge < -0.3 is 9.47 Å². The summed E-state index contributed by atoms with van der Waals surface area (Å²) in [7, 11) is 1.61. The minimum Gasteiger partial charge on any atom is -0.497 e. The molecule has 3 heterocycles. The van der Waals surface area contributed by atoms with Gasteiger partial charge in [-0.15, -0.1) is 11.8 Å². The Hall–Kier alpha value is -2.55. The van der Waals surface area contributed by atoms with Crippen molar-refractivity contribution in [2.75, 3.05) is 55.6 Å². The summed E-state index contributed by atoms with van der Waals surface area (Å²) in [4.78, 5) is 32.0. The summed E-state index contributed by atoms with van der Waals surface area (Å²) < 4.78 is 10.7. The number of hydrogen-bond donors (Lipinski definition) is 0. The molecule has 0 N–H and O–H groups in total. The van der Waals surface area contributed by atoms with Gasteiger partial charge in [0.2, 0.25) is 10.8 Å². The van der Waals surface area contributed by atoms with E-state index in [9.17, 15) is 9.59 Å². The highest BCUT2D eigenvalue weighted by Crippen LogP contribution is 2.54. The zero-order chi connectivity index (χ0) is 21.4. The van der Waals surface area contributed by atoms with Gasteiger partial charge in [0.05, 0.1) is 32.7 Å². The smallest absolute Gasteiger partial charge is 0.269 e. The van der Waals surface area contributed by atoms with Crippen molar-refractivity contribution in [1.29, 1.82) is 0 Å². The van der Waals surface area contributed by atoms with Crippen molar-refractivity contribution in [2.45, 2.75) is 11.3 Å². The van der Waals surface area contributed by atoms with Gasteiger partial charge in [0.15, 0.2) is 0 Å². The number of amides is 2. The summed E-state index contributed by atoms with van der Waals surface area (Å²) in [6, 6.07) is 15.2. The van der Waals surface area contributed by atoms with E-state index >= 15 is 0 Å². The Bertz CT molecular complexity index is 993. The number of carbonyl (C=O) groups excluding carboxylic acids is 2. The first-order valence-corrected chi connectivity index (χ1v) is 11.5. The molecule has 3 aliphatic rings. The maximum absolute atomic E-state index is 14.1. The normalized spacial score (nSPS) is 24.0. The maximum Gasteiger partial charge on any atom is 0.269 e. The second kappa shape index (κ2) is 8.18. The lowest BCUT2D eigenvalue weighted by molar-refractivity contribution is -0.126. The number of thioether (sulfide) groups is 1. The number of methoxy groups -OCH3 is 1. The molecule has 7 nitrogen and oxygen atoms in total. The van der Waals surface area contributed by atoms with Crippen LogP contribution >= 0.6 is 11.8 Å². The standard InChI is InChI=1S/C23H25N3O4S/c1-29-18-8-6-17(7-9-18)26-21(27)10-15-31-23(26)19-4-2-3-5-20(19)25(22(23)28)16-24-11-13-30-14-12-24/h2-9H,10-16H2,1H3/t23-/m1/s1. The molecule has 2 amide bonds. The first-order chi connectivity index (χ1) is 15.1. The summed E-state index contributed by atoms with van der Waals surface area (Å²) in [6.07, 6.45) is 0.400. The molecule has 2 aromatic carbocycles. The predicted molar refractivity (Wildman–Crippen MR) is 120 cm³/mol. The van der Waals surface area contributed by atoms with Gasteiger partial charge in [0.25, 0.3) is 5.91 Å². The molecule has 0 saturated carbocycles. The molecule has 0 bridgehead atoms. The molecular weight excluding hydrogens is 414 g/mol. The Morgan fingerprint density at radius 1 is 1.06 bits per heavy atom. The van der Waals surface area contributed by atoms with E-state index in [2.05, 4.69) is 4.90 Å². The fourth-order valence-electron chi connectivity index (χ4n) is 4.54. The summed E-state index contributed by atoms with van der Waals surface area (Å²) in [5.74, 6) is 1.22. The Balaban J connectivity index is 1.59. The molecular formula is C23H25N3O4S. The molecule has 162 valence electrons. The van der Waals surface area contributed by atoms with Crippen molar-refractivity contribution in [3.8, 4) is 5.75 Å². The monoisotopic (exact) mass is 439 g/mol. The SMILES string of the molecule is COc1ccc(N2C(=O)CCS[C@]23C(=O)N(CN2CCOCC2)c2ccccc23)cc1. The number of benzene rings is 2. The third-order valence-corrected chi connectivity index (χ3v) is 7.47. The van der Waals surface area contributed by atoms with Crippen molar-refractivity contribution < 1.29 is 19.1 Å². The fourth-order valence-corrected chi connectivity index (χ4v) is 6.01. The van der Waals surface area contributed by atoms with Crippen LogP contribution in [0.25, 0.3) is 0 Å². The highest BCUT2D eigenvalue weighted by Gasteiger charge is 2.59. The van der Waals surface area contributed by atoms with Crippen LogP contribution in [0.15, 0.2) is 48.5 Å². The van der Waals surface area contributed by atoms with Crippen LogP contribution in [0.1, 0.15) is 12.0 Å².